The molecule has 18 heavy (non-hydrogen) atoms. The van der Waals surface area contributed by atoms with Gasteiger partial charge in [0.05, 0.1) is 6.61 Å². The number of hydrogen-bond donors (Lipinski definition) is 1. The molecule has 0 amide bonds. The fraction of sp³-hybridized carbons (Fsp3) is 0.571. The highest BCUT2D eigenvalue weighted by atomic mass is 35.5. The largest absolute Gasteiger partial charge is 0.491 e. The van der Waals surface area contributed by atoms with Gasteiger partial charge in [-0.1, -0.05) is 31.5 Å². The van der Waals surface area contributed by atoms with E-state index in [0.29, 0.717) is 25.7 Å². The van der Waals surface area contributed by atoms with Crippen molar-refractivity contribution in [2.75, 3.05) is 26.9 Å². The van der Waals surface area contributed by atoms with Crippen LogP contribution in [0.4, 0.5) is 0 Å². The van der Waals surface area contributed by atoms with Gasteiger partial charge < -0.3 is 14.8 Å². The molecule has 1 aromatic carbocycles. The summed E-state index contributed by atoms with van der Waals surface area (Å²) in [5.41, 5.74) is 0.991. The van der Waals surface area contributed by atoms with Crippen molar-refractivity contribution in [1.82, 2.24) is 5.32 Å². The molecule has 0 fully saturated rings. The third kappa shape index (κ3) is 5.25. The van der Waals surface area contributed by atoms with Crippen LogP contribution in [0.3, 0.4) is 0 Å². The van der Waals surface area contributed by atoms with Crippen LogP contribution >= 0.6 is 11.6 Å². The molecule has 0 aliphatic heterocycles. The van der Waals surface area contributed by atoms with Gasteiger partial charge in [0.15, 0.2) is 0 Å². The van der Waals surface area contributed by atoms with Gasteiger partial charge in [-0.3, -0.25) is 0 Å². The van der Waals surface area contributed by atoms with Crippen molar-refractivity contribution in [2.24, 2.45) is 5.92 Å². The summed E-state index contributed by atoms with van der Waals surface area (Å²) in [5.74, 6) is 1.38. The molecule has 102 valence electrons. The molecule has 1 rings (SSSR count). The smallest absolute Gasteiger partial charge is 0.125 e. The zero-order valence-electron chi connectivity index (χ0n) is 11.3. The summed E-state index contributed by atoms with van der Waals surface area (Å²) in [7, 11) is 1.89. The number of rotatable bonds is 8. The van der Waals surface area contributed by atoms with Gasteiger partial charge in [-0.25, -0.2) is 0 Å². The van der Waals surface area contributed by atoms with Crippen molar-refractivity contribution in [1.29, 1.82) is 0 Å². The van der Waals surface area contributed by atoms with Gasteiger partial charge in [0.2, 0.25) is 0 Å². The van der Waals surface area contributed by atoms with E-state index in [0.717, 1.165) is 22.9 Å². The van der Waals surface area contributed by atoms with Gasteiger partial charge >= 0.3 is 0 Å². The summed E-state index contributed by atoms with van der Waals surface area (Å²) in [4.78, 5) is 0. The predicted octanol–water partition coefficient (Wildman–Crippen LogP) is 3.11. The van der Waals surface area contributed by atoms with E-state index in [1.807, 2.05) is 25.2 Å². The molecule has 4 heteroatoms. The maximum atomic E-state index is 6.14. The Morgan fingerprint density at radius 1 is 1.28 bits per heavy atom. The van der Waals surface area contributed by atoms with Crippen molar-refractivity contribution in [3.05, 3.63) is 28.8 Å². The highest BCUT2D eigenvalue weighted by Gasteiger charge is 2.07. The highest BCUT2D eigenvalue weighted by Crippen LogP contribution is 2.26. The quantitative estimate of drug-likeness (QED) is 0.737. The van der Waals surface area contributed by atoms with Crippen molar-refractivity contribution >= 4 is 11.6 Å². The normalized spacial score (nSPS) is 10.9. The lowest BCUT2D eigenvalue weighted by atomic mass is 10.2. The Balaban J connectivity index is 2.44. The van der Waals surface area contributed by atoms with Crippen LogP contribution in [0.2, 0.25) is 5.02 Å². The second-order valence-corrected chi connectivity index (χ2v) is 4.97. The summed E-state index contributed by atoms with van der Waals surface area (Å²) in [5, 5.41) is 3.81. The second kappa shape index (κ2) is 8.35. The predicted molar refractivity (Wildman–Crippen MR) is 75.4 cm³/mol. The summed E-state index contributed by atoms with van der Waals surface area (Å²) >= 11 is 6.14. The van der Waals surface area contributed by atoms with Crippen LogP contribution in [0.15, 0.2) is 18.2 Å². The van der Waals surface area contributed by atoms with E-state index in [1.54, 1.807) is 0 Å². The number of hydrogen-bond acceptors (Lipinski definition) is 3. The van der Waals surface area contributed by atoms with Crippen LogP contribution in [0.25, 0.3) is 0 Å². The highest BCUT2D eigenvalue weighted by molar-refractivity contribution is 6.31. The molecule has 0 heterocycles. The Hall–Kier alpha value is -0.770. The van der Waals surface area contributed by atoms with Crippen LogP contribution in [0.5, 0.6) is 5.75 Å². The average Bonchev–Trinajstić information content (AvgIpc) is 2.32. The SMILES string of the molecule is CNCc1c(Cl)cccc1OCCOCC(C)C. The Labute approximate surface area is 114 Å². The summed E-state index contributed by atoms with van der Waals surface area (Å²) in [6.45, 7) is 6.86. The van der Waals surface area contributed by atoms with E-state index >= 15 is 0 Å². The van der Waals surface area contributed by atoms with Gasteiger partial charge in [0.25, 0.3) is 0 Å². The summed E-state index contributed by atoms with van der Waals surface area (Å²) in [6.07, 6.45) is 0. The van der Waals surface area contributed by atoms with E-state index in [4.69, 9.17) is 21.1 Å². The molecule has 0 atom stereocenters. The summed E-state index contributed by atoms with van der Waals surface area (Å²) in [6, 6.07) is 5.70. The Morgan fingerprint density at radius 3 is 2.72 bits per heavy atom. The molecule has 0 bridgehead atoms. The zero-order valence-corrected chi connectivity index (χ0v) is 12.1. The Bertz CT molecular complexity index is 356. The molecule has 1 N–H and O–H groups in total. The molecule has 3 nitrogen and oxygen atoms in total. The van der Waals surface area contributed by atoms with Gasteiger partial charge in [0, 0.05) is 23.7 Å². The van der Waals surface area contributed by atoms with Crippen molar-refractivity contribution in [3.63, 3.8) is 0 Å². The fourth-order valence-corrected chi connectivity index (χ4v) is 1.78. The van der Waals surface area contributed by atoms with Crippen LogP contribution in [0, 0.1) is 5.92 Å². The molecule has 0 saturated heterocycles. The molecule has 0 saturated carbocycles. The molecule has 0 spiro atoms. The molecule has 0 radical (unpaired) electrons. The number of ether oxygens (including phenoxy) is 2. The van der Waals surface area contributed by atoms with E-state index in [1.165, 1.54) is 0 Å². The lowest BCUT2D eigenvalue weighted by molar-refractivity contribution is 0.0816. The topological polar surface area (TPSA) is 30.5 Å². The van der Waals surface area contributed by atoms with Crippen molar-refractivity contribution < 1.29 is 9.47 Å². The zero-order chi connectivity index (χ0) is 13.4. The minimum Gasteiger partial charge on any atom is -0.491 e. The average molecular weight is 272 g/mol. The molecule has 0 aromatic heterocycles. The monoisotopic (exact) mass is 271 g/mol. The number of halogens is 1. The molecule has 0 aliphatic rings. The van der Waals surface area contributed by atoms with Gasteiger partial charge in [-0.15, -0.1) is 0 Å². The van der Waals surface area contributed by atoms with E-state index in [-0.39, 0.29) is 0 Å². The van der Waals surface area contributed by atoms with Crippen LogP contribution in [0.1, 0.15) is 19.4 Å². The first-order valence-electron chi connectivity index (χ1n) is 6.27. The summed E-state index contributed by atoms with van der Waals surface area (Å²) < 4.78 is 11.2. The molecular weight excluding hydrogens is 250 g/mol. The standard InChI is InChI=1S/C14H22ClNO2/c1-11(2)10-17-7-8-18-14-6-4-5-13(15)12(14)9-16-3/h4-6,11,16H,7-10H2,1-3H3. The third-order valence-electron chi connectivity index (χ3n) is 2.37. The molecular formula is C14H22ClNO2. The molecule has 1 aromatic rings. The van der Waals surface area contributed by atoms with E-state index in [9.17, 15) is 0 Å². The fourth-order valence-electron chi connectivity index (χ4n) is 1.55. The lowest BCUT2D eigenvalue weighted by Gasteiger charge is -2.13. The first kappa shape index (κ1) is 15.3. The first-order valence-corrected chi connectivity index (χ1v) is 6.65. The Morgan fingerprint density at radius 2 is 2.06 bits per heavy atom. The third-order valence-corrected chi connectivity index (χ3v) is 2.72. The Kier molecular flexibility index (Phi) is 7.09. The first-order chi connectivity index (χ1) is 8.65. The van der Waals surface area contributed by atoms with Crippen LogP contribution < -0.4 is 10.1 Å². The van der Waals surface area contributed by atoms with Crippen molar-refractivity contribution in [3.8, 4) is 5.75 Å². The van der Waals surface area contributed by atoms with Crippen LogP contribution in [-0.4, -0.2) is 26.9 Å². The van der Waals surface area contributed by atoms with Gasteiger partial charge in [-0.2, -0.15) is 0 Å². The lowest BCUT2D eigenvalue weighted by Crippen LogP contribution is -2.12. The van der Waals surface area contributed by atoms with Crippen LogP contribution in [-0.2, 0) is 11.3 Å². The maximum absolute atomic E-state index is 6.14. The van der Waals surface area contributed by atoms with E-state index in [2.05, 4.69) is 19.2 Å². The second-order valence-electron chi connectivity index (χ2n) is 4.56. The molecule has 0 aliphatic carbocycles. The molecule has 0 unspecified atom stereocenters. The van der Waals surface area contributed by atoms with Gasteiger partial charge in [-0.05, 0) is 25.1 Å². The maximum Gasteiger partial charge on any atom is 0.125 e. The minimum atomic E-state index is 0.545. The van der Waals surface area contributed by atoms with Crippen molar-refractivity contribution in [2.45, 2.75) is 20.4 Å². The number of nitrogens with one attached hydrogen (secondary N) is 1. The number of benzene rings is 1. The van der Waals surface area contributed by atoms with Gasteiger partial charge in [0.1, 0.15) is 12.4 Å². The van der Waals surface area contributed by atoms with E-state index < -0.39 is 0 Å². The minimum absolute atomic E-state index is 0.545.